The van der Waals surface area contributed by atoms with Crippen molar-refractivity contribution < 1.29 is 63.0 Å². The summed E-state index contributed by atoms with van der Waals surface area (Å²) in [5, 5.41) is 6.85. The number of hydrogen-bond acceptors (Lipinski definition) is 8. The van der Waals surface area contributed by atoms with Gasteiger partial charge in [0.1, 0.15) is 22.9 Å². The molecule has 77 heavy (non-hydrogen) atoms. The van der Waals surface area contributed by atoms with Crippen molar-refractivity contribution in [3.8, 4) is 11.5 Å². The van der Waals surface area contributed by atoms with E-state index in [1.807, 2.05) is 0 Å². The molecule has 0 saturated carbocycles. The molecule has 0 spiro atoms. The van der Waals surface area contributed by atoms with E-state index in [-0.39, 0.29) is 82.1 Å². The number of piperidine rings is 2. The summed E-state index contributed by atoms with van der Waals surface area (Å²) in [7, 11) is 1.58. The third kappa shape index (κ3) is 12.6. The first-order valence-electron chi connectivity index (χ1n) is 24.7. The third-order valence-corrected chi connectivity index (χ3v) is 13.9. The molecule has 0 unspecified atom stereocenters. The van der Waals surface area contributed by atoms with Crippen molar-refractivity contribution >= 4 is 67.5 Å². The molecule has 4 aliphatic heterocycles. The van der Waals surface area contributed by atoms with Crippen LogP contribution < -0.4 is 41.0 Å². The Hall–Kier alpha value is -7.78. The zero-order valence-electron chi connectivity index (χ0n) is 41.2. The summed E-state index contributed by atoms with van der Waals surface area (Å²) in [6.07, 6.45) is -5.63. The molecule has 6 heterocycles. The molecule has 10 rings (SSSR count). The molecule has 2 amide bonds. The van der Waals surface area contributed by atoms with E-state index in [9.17, 15) is 63.1 Å². The summed E-state index contributed by atoms with van der Waals surface area (Å²) in [4.78, 5) is 57.4. The number of hydrogen-bond donors (Lipinski definition) is 3. The Labute approximate surface area is 432 Å². The number of nitrogens with one attached hydrogen (secondary N) is 3. The average Bonchev–Trinajstić information content (AvgIpc) is 3.70. The number of H-pyrrole nitrogens is 1. The van der Waals surface area contributed by atoms with E-state index in [1.165, 1.54) is 28.9 Å². The summed E-state index contributed by atoms with van der Waals surface area (Å²) in [5.74, 6) is -6.25. The summed E-state index contributed by atoms with van der Waals surface area (Å²) >= 11 is 0. The number of anilines is 4. The Kier molecular flexibility index (Phi) is 15.0. The van der Waals surface area contributed by atoms with E-state index in [1.54, 1.807) is 65.4 Å². The highest BCUT2D eigenvalue weighted by molar-refractivity contribution is 6.06. The molecule has 0 atom stereocenters. The first kappa shape index (κ1) is 54.0. The smallest absolute Gasteiger partial charge is 0.416 e. The number of pyridine rings is 2. The fourth-order valence-electron chi connectivity index (χ4n) is 9.70. The van der Waals surface area contributed by atoms with Crippen molar-refractivity contribution in [1.29, 1.82) is 0 Å². The lowest BCUT2D eigenvalue weighted by atomic mass is 9.99. The fourth-order valence-corrected chi connectivity index (χ4v) is 9.70. The number of carbonyl (C=O) groups excluding carboxylic acids is 2. The lowest BCUT2D eigenvalue weighted by Gasteiger charge is -2.33. The Bertz CT molecular complexity index is 3440. The average molecular weight is 1080 g/mol. The van der Waals surface area contributed by atoms with Crippen LogP contribution >= 0.6 is 0 Å². The van der Waals surface area contributed by atoms with E-state index in [2.05, 4.69) is 15.6 Å². The third-order valence-electron chi connectivity index (χ3n) is 13.9. The Morgan fingerprint density at radius 1 is 0.597 bits per heavy atom. The fraction of sp³-hybridized carbons (Fsp3) is 0.345. The first-order chi connectivity index (χ1) is 36.4. The van der Waals surface area contributed by atoms with Crippen LogP contribution in [-0.4, -0.2) is 72.6 Å². The minimum Gasteiger partial charge on any atom is -0.493 e. The van der Waals surface area contributed by atoms with Crippen LogP contribution in [0.3, 0.4) is 0 Å². The summed E-state index contributed by atoms with van der Waals surface area (Å²) < 4.78 is 145. The number of benzene rings is 4. The maximum atomic E-state index is 13.6. The molecule has 3 N–H and O–H groups in total. The first-order valence-corrected chi connectivity index (χ1v) is 24.7. The number of carbonyl (C=O) groups is 2. The van der Waals surface area contributed by atoms with Gasteiger partial charge in [0.25, 0.3) is 23.0 Å². The van der Waals surface area contributed by atoms with Crippen LogP contribution in [0.15, 0.2) is 107 Å². The van der Waals surface area contributed by atoms with Crippen LogP contribution in [-0.2, 0) is 29.0 Å². The second-order valence-corrected chi connectivity index (χ2v) is 19.3. The highest BCUT2D eigenvalue weighted by Gasteiger charge is 2.37. The zero-order valence-corrected chi connectivity index (χ0v) is 41.2. The predicted molar refractivity (Wildman–Crippen MR) is 272 cm³/mol. The van der Waals surface area contributed by atoms with E-state index >= 15 is 0 Å². The largest absolute Gasteiger partial charge is 0.493 e. The zero-order chi connectivity index (χ0) is 55.0. The predicted octanol–water partition coefficient (Wildman–Crippen LogP) is 12.0. The molecule has 4 aromatic carbocycles. The van der Waals surface area contributed by atoms with Gasteiger partial charge in [-0.25, -0.2) is 17.6 Å². The van der Waals surface area contributed by atoms with Crippen molar-refractivity contribution in [3.05, 3.63) is 140 Å². The number of aryl methyl sites for hydroxylation is 1. The van der Waals surface area contributed by atoms with E-state index < -0.39 is 52.7 Å². The number of alkyl halides is 10. The maximum Gasteiger partial charge on any atom is 0.416 e. The molecule has 0 radical (unpaired) electrons. The Balaban J connectivity index is 0.000000188. The number of aromatic nitrogens is 2. The van der Waals surface area contributed by atoms with Crippen LogP contribution in [0.5, 0.6) is 11.5 Å². The number of fused-ring (bicyclic) bond motifs is 4. The maximum absolute atomic E-state index is 13.6. The van der Waals surface area contributed by atoms with Crippen LogP contribution in [0.4, 0.5) is 66.7 Å². The summed E-state index contributed by atoms with van der Waals surface area (Å²) in [6.45, 7) is 0.789. The normalized spacial score (nSPS) is 18.5. The van der Waals surface area contributed by atoms with Crippen molar-refractivity contribution in [1.82, 2.24) is 9.55 Å². The van der Waals surface area contributed by atoms with E-state index in [0.717, 1.165) is 24.3 Å². The van der Waals surface area contributed by atoms with Gasteiger partial charge in [0.05, 0.1) is 35.4 Å². The molecule has 0 bridgehead atoms. The molecule has 2 aromatic heterocycles. The highest BCUT2D eigenvalue weighted by Crippen LogP contribution is 2.40. The van der Waals surface area contributed by atoms with Gasteiger partial charge in [0.2, 0.25) is 11.8 Å². The second kappa shape index (κ2) is 21.3. The molecule has 2 saturated heterocycles. The van der Waals surface area contributed by atoms with Crippen molar-refractivity contribution in [2.24, 2.45) is 7.05 Å². The summed E-state index contributed by atoms with van der Waals surface area (Å²) in [5.41, 5.74) is 2.06. The second-order valence-electron chi connectivity index (χ2n) is 19.3. The molecule has 6 aromatic rings. The minimum absolute atomic E-state index is 0.0767. The lowest BCUT2D eigenvalue weighted by molar-refractivity contribution is -0.138. The van der Waals surface area contributed by atoms with E-state index in [0.29, 0.717) is 92.5 Å². The number of ether oxygens (including phenoxy) is 2. The van der Waals surface area contributed by atoms with Gasteiger partial charge in [-0.3, -0.25) is 19.2 Å². The van der Waals surface area contributed by atoms with Gasteiger partial charge in [-0.15, -0.1) is 0 Å². The van der Waals surface area contributed by atoms with Crippen molar-refractivity contribution in [2.45, 2.75) is 75.6 Å². The number of amides is 2. The summed E-state index contributed by atoms with van der Waals surface area (Å²) in [6, 6.07) is 19.7. The number of halogens is 10. The molecule has 0 aliphatic carbocycles. The quantitative estimate of drug-likeness (QED) is 0.111. The van der Waals surface area contributed by atoms with Gasteiger partial charge in [0, 0.05) is 104 Å². The van der Waals surface area contributed by atoms with Gasteiger partial charge in [-0.1, -0.05) is 24.3 Å². The minimum atomic E-state index is -4.51. The lowest BCUT2D eigenvalue weighted by Crippen LogP contribution is -2.42. The highest BCUT2D eigenvalue weighted by atomic mass is 19.4. The van der Waals surface area contributed by atoms with Gasteiger partial charge in [-0.2, -0.15) is 26.3 Å². The Morgan fingerprint density at radius 2 is 1.05 bits per heavy atom. The number of aromatic amines is 1. The van der Waals surface area contributed by atoms with Crippen molar-refractivity contribution in [3.63, 3.8) is 0 Å². The molecule has 22 heteroatoms. The number of rotatable bonds is 6. The molecule has 4 aliphatic rings. The standard InChI is InChI=1S/C28H26F5N3O3.C27H24F5N3O3/c1-35-22-16-20(6-4-18(22)13-23(26(35)38)36-10-8-27(29,30)9-11-36)34-25(37)14-17-3-2-12-39-24-15-19(28(31,32)33)5-7-21(17)24;28-26(29)7-9-35(10-8-26)22-12-17-3-5-19(15-21(17)34-25(22)37)33-24(36)13-16-2-1-11-38-23-14-18(27(30,31)32)4-6-20(16)23/h4-7,13-16H,2-3,8-12H2,1H3,(H,34,37);3-6,12-15H,1-2,7-11H2,(H,33,36)(H,34,37)/b17-14+;16-13+. The van der Waals surface area contributed by atoms with Gasteiger partial charge >= 0.3 is 12.4 Å². The van der Waals surface area contributed by atoms with Gasteiger partial charge in [0.15, 0.2) is 0 Å². The van der Waals surface area contributed by atoms with Crippen molar-refractivity contribution in [2.75, 3.05) is 59.8 Å². The van der Waals surface area contributed by atoms with Crippen LogP contribution in [0.25, 0.3) is 33.0 Å². The van der Waals surface area contributed by atoms with Crippen LogP contribution in [0, 0.1) is 0 Å². The topological polar surface area (TPSA) is 138 Å². The van der Waals surface area contributed by atoms with Crippen LogP contribution in [0.1, 0.15) is 73.6 Å². The molecule has 406 valence electrons. The molecule has 12 nitrogen and oxygen atoms in total. The number of nitrogens with zero attached hydrogens (tertiary/aromatic N) is 3. The van der Waals surface area contributed by atoms with Gasteiger partial charge in [-0.05, 0) is 97.5 Å². The van der Waals surface area contributed by atoms with Crippen LogP contribution in [0.2, 0.25) is 0 Å². The molecular formula is C55H50F10N6O6. The van der Waals surface area contributed by atoms with Gasteiger partial charge < -0.3 is 39.5 Å². The SMILES string of the molecule is Cn1c(=O)c(N2CCC(F)(F)CC2)cc2ccc(NC(=O)/C=C3\CCCOc4cc(C(F)(F)F)ccc43)cc21.O=C(/C=C1\CCCOc2cc(C(F)(F)F)ccc21)Nc1ccc2cc(N3CCC(F)(F)CC3)c(=O)[nH]c2c1. The molecule has 2 fully saturated rings. The monoisotopic (exact) mass is 1080 g/mol. The van der Waals surface area contributed by atoms with E-state index in [4.69, 9.17) is 9.47 Å². The Morgan fingerprint density at radius 3 is 1.55 bits per heavy atom. The molecular weight excluding hydrogens is 1030 g/mol. The number of allylic oxidation sites excluding steroid dienone is 2.